The third-order valence-corrected chi connectivity index (χ3v) is 4.52. The number of amides is 1. The molecule has 1 amide bonds. The first-order valence-electron chi connectivity index (χ1n) is 8.60. The number of nitrogens with one attached hydrogen (secondary N) is 2. The molecular weight excluding hydrogens is 358 g/mol. The van der Waals surface area contributed by atoms with Gasteiger partial charge in [0.2, 0.25) is 11.9 Å². The Bertz CT molecular complexity index is 881. The van der Waals surface area contributed by atoms with Crippen LogP contribution in [0.2, 0.25) is 0 Å². The van der Waals surface area contributed by atoms with Gasteiger partial charge >= 0.3 is 0 Å². The van der Waals surface area contributed by atoms with Crippen LogP contribution in [0.25, 0.3) is 11.2 Å². The van der Waals surface area contributed by atoms with Gasteiger partial charge in [-0.15, -0.1) is 0 Å². The van der Waals surface area contributed by atoms with E-state index in [1.54, 1.807) is 0 Å². The van der Waals surface area contributed by atoms with Crippen molar-refractivity contribution in [2.24, 2.45) is 5.73 Å². The number of rotatable bonds is 6. The van der Waals surface area contributed by atoms with Crippen LogP contribution in [0.15, 0.2) is 11.1 Å². The summed E-state index contributed by atoms with van der Waals surface area (Å²) in [6, 6.07) is -1.62. The Balaban J connectivity index is 1.88. The lowest BCUT2D eigenvalue weighted by molar-refractivity contribution is -0.124. The largest absolute Gasteiger partial charge is 0.394 e. The fraction of sp³-hybridized carbons (Fsp3) is 0.600. The average Bonchev–Trinajstić information content (AvgIpc) is 3.17. The number of hydrogen-bond acceptors (Lipinski definition) is 9. The van der Waals surface area contributed by atoms with E-state index in [2.05, 4.69) is 20.3 Å². The highest BCUT2D eigenvalue weighted by atomic mass is 16.5. The van der Waals surface area contributed by atoms with Crippen molar-refractivity contribution >= 4 is 23.0 Å². The van der Waals surface area contributed by atoms with Gasteiger partial charge in [0.15, 0.2) is 17.4 Å². The lowest BCUT2D eigenvalue weighted by Crippen LogP contribution is -2.53. The van der Waals surface area contributed by atoms with Crippen LogP contribution < -0.4 is 22.3 Å². The van der Waals surface area contributed by atoms with Crippen molar-refractivity contribution in [3.05, 3.63) is 16.7 Å². The van der Waals surface area contributed by atoms with Gasteiger partial charge in [0.25, 0.3) is 5.56 Å². The van der Waals surface area contributed by atoms with Gasteiger partial charge in [-0.05, 0) is 6.42 Å². The topological polar surface area (TPSA) is 194 Å². The zero-order chi connectivity index (χ0) is 19.7. The normalized spacial score (nSPS) is 26.4. The first-order valence-corrected chi connectivity index (χ1v) is 8.60. The quantitative estimate of drug-likeness (QED) is 0.315. The van der Waals surface area contributed by atoms with E-state index in [9.17, 15) is 19.8 Å². The summed E-state index contributed by atoms with van der Waals surface area (Å²) in [7, 11) is 0. The SMILES string of the molecule is CCCC(N)C(=O)NC1[C@@H](CO)O[C@@H](n2cnc3c(=O)[nH]c(N)nc32)[C@H]1O. The molecule has 3 heterocycles. The highest BCUT2D eigenvalue weighted by Gasteiger charge is 2.46. The summed E-state index contributed by atoms with van der Waals surface area (Å²) >= 11 is 0. The molecule has 2 unspecified atom stereocenters. The number of aromatic nitrogens is 4. The van der Waals surface area contributed by atoms with Crippen LogP contribution in [0.4, 0.5) is 5.95 Å². The maximum Gasteiger partial charge on any atom is 0.280 e. The smallest absolute Gasteiger partial charge is 0.280 e. The van der Waals surface area contributed by atoms with Crippen molar-refractivity contribution in [2.75, 3.05) is 12.3 Å². The molecule has 8 N–H and O–H groups in total. The Morgan fingerprint density at radius 2 is 2.30 bits per heavy atom. The van der Waals surface area contributed by atoms with E-state index in [0.717, 1.165) is 6.42 Å². The minimum atomic E-state index is -1.24. The molecule has 148 valence electrons. The summed E-state index contributed by atoms with van der Waals surface area (Å²) in [5.41, 5.74) is 11.0. The van der Waals surface area contributed by atoms with Crippen LogP contribution in [0.3, 0.4) is 0 Å². The molecule has 1 fully saturated rings. The van der Waals surface area contributed by atoms with E-state index in [0.29, 0.717) is 6.42 Å². The number of H-pyrrole nitrogens is 1. The van der Waals surface area contributed by atoms with Crippen LogP contribution in [0, 0.1) is 0 Å². The fourth-order valence-electron chi connectivity index (χ4n) is 3.15. The number of nitrogens with zero attached hydrogens (tertiary/aromatic N) is 3. The molecule has 0 aliphatic carbocycles. The first kappa shape index (κ1) is 19.2. The third kappa shape index (κ3) is 3.51. The molecule has 27 heavy (non-hydrogen) atoms. The van der Waals surface area contributed by atoms with Gasteiger partial charge < -0.3 is 31.7 Å². The number of fused-ring (bicyclic) bond motifs is 1. The molecule has 5 atom stereocenters. The molecule has 0 bridgehead atoms. The molecule has 3 rings (SSSR count). The number of aliphatic hydroxyl groups is 2. The van der Waals surface area contributed by atoms with Gasteiger partial charge in [-0.1, -0.05) is 13.3 Å². The predicted molar refractivity (Wildman–Crippen MR) is 94.4 cm³/mol. The lowest BCUT2D eigenvalue weighted by Gasteiger charge is -2.22. The molecule has 1 saturated heterocycles. The van der Waals surface area contributed by atoms with Gasteiger partial charge in [-0.3, -0.25) is 19.1 Å². The second-order valence-corrected chi connectivity index (χ2v) is 6.44. The summed E-state index contributed by atoms with van der Waals surface area (Å²) in [6.07, 6.45) is -0.650. The summed E-state index contributed by atoms with van der Waals surface area (Å²) in [4.78, 5) is 34.4. The summed E-state index contributed by atoms with van der Waals surface area (Å²) in [5.74, 6) is -0.561. The van der Waals surface area contributed by atoms with Crippen molar-refractivity contribution in [1.29, 1.82) is 0 Å². The number of aromatic amines is 1. The van der Waals surface area contributed by atoms with E-state index in [1.165, 1.54) is 10.9 Å². The molecule has 1 aliphatic heterocycles. The lowest BCUT2D eigenvalue weighted by atomic mass is 10.1. The highest BCUT2D eigenvalue weighted by Crippen LogP contribution is 2.31. The Hall–Kier alpha value is -2.54. The number of anilines is 1. The van der Waals surface area contributed by atoms with Crippen molar-refractivity contribution in [2.45, 2.75) is 50.3 Å². The third-order valence-electron chi connectivity index (χ3n) is 4.52. The Labute approximate surface area is 153 Å². The number of ether oxygens (including phenoxy) is 1. The molecule has 1 aliphatic rings. The van der Waals surface area contributed by atoms with Gasteiger partial charge in [0.1, 0.15) is 12.2 Å². The molecule has 0 saturated carbocycles. The van der Waals surface area contributed by atoms with Gasteiger partial charge in [-0.2, -0.15) is 4.98 Å². The molecular formula is C15H23N7O5. The molecule has 0 aromatic carbocycles. The number of aliphatic hydroxyl groups excluding tert-OH is 2. The minimum Gasteiger partial charge on any atom is -0.394 e. The number of hydrogen-bond donors (Lipinski definition) is 6. The maximum absolute atomic E-state index is 12.2. The van der Waals surface area contributed by atoms with Gasteiger partial charge in [0.05, 0.1) is 25.0 Å². The zero-order valence-corrected chi connectivity index (χ0v) is 14.7. The Morgan fingerprint density at radius 3 is 2.96 bits per heavy atom. The van der Waals surface area contributed by atoms with E-state index in [1.807, 2.05) is 6.92 Å². The van der Waals surface area contributed by atoms with E-state index in [-0.39, 0.29) is 17.1 Å². The number of nitrogens with two attached hydrogens (primary N) is 2. The number of imidazole rings is 1. The van der Waals surface area contributed by atoms with Crippen molar-refractivity contribution < 1.29 is 19.7 Å². The van der Waals surface area contributed by atoms with E-state index >= 15 is 0 Å². The summed E-state index contributed by atoms with van der Waals surface area (Å²) in [6.45, 7) is 1.46. The van der Waals surface area contributed by atoms with Gasteiger partial charge in [0, 0.05) is 0 Å². The second-order valence-electron chi connectivity index (χ2n) is 6.44. The minimum absolute atomic E-state index is 0.0259. The van der Waals surface area contributed by atoms with Crippen molar-refractivity contribution in [3.8, 4) is 0 Å². The number of carbonyl (C=O) groups is 1. The van der Waals surface area contributed by atoms with E-state index in [4.69, 9.17) is 16.2 Å². The summed E-state index contributed by atoms with van der Waals surface area (Å²) in [5, 5.41) is 22.9. The van der Waals surface area contributed by atoms with Gasteiger partial charge in [-0.25, -0.2) is 4.98 Å². The van der Waals surface area contributed by atoms with Crippen LogP contribution in [0.1, 0.15) is 26.0 Å². The zero-order valence-electron chi connectivity index (χ0n) is 14.7. The summed E-state index contributed by atoms with van der Waals surface area (Å²) < 4.78 is 7.02. The predicted octanol–water partition coefficient (Wildman–Crippen LogP) is -2.44. The maximum atomic E-state index is 12.2. The van der Waals surface area contributed by atoms with Crippen molar-refractivity contribution in [1.82, 2.24) is 24.8 Å². The molecule has 2 aromatic rings. The van der Waals surface area contributed by atoms with Crippen LogP contribution >= 0.6 is 0 Å². The second kappa shape index (κ2) is 7.60. The van der Waals surface area contributed by atoms with E-state index < -0.39 is 48.6 Å². The standard InChI is InChI=1S/C15H23N7O5/c1-2-3-6(16)12(25)19-8-7(4-23)27-14(10(8)24)22-5-18-9-11(22)20-15(17)21-13(9)26/h5-8,10,14,23-24H,2-4,16H2,1H3,(H,19,25)(H3,17,20,21,26)/t6?,7-,8?,10+,14-/m1/s1. The van der Waals surface area contributed by atoms with Crippen LogP contribution in [-0.4, -0.2) is 66.5 Å². The van der Waals surface area contributed by atoms with Crippen LogP contribution in [-0.2, 0) is 9.53 Å². The highest BCUT2D eigenvalue weighted by molar-refractivity contribution is 5.81. The molecule has 12 heteroatoms. The monoisotopic (exact) mass is 381 g/mol. The molecule has 2 aromatic heterocycles. The average molecular weight is 381 g/mol. The Morgan fingerprint density at radius 1 is 1.56 bits per heavy atom. The number of nitrogen functional groups attached to an aromatic ring is 1. The van der Waals surface area contributed by atoms with Crippen LogP contribution in [0.5, 0.6) is 0 Å². The fourth-order valence-corrected chi connectivity index (χ4v) is 3.15. The first-order chi connectivity index (χ1) is 12.9. The Kier molecular flexibility index (Phi) is 5.41. The number of carbonyl (C=O) groups excluding carboxylic acids is 1. The molecule has 0 radical (unpaired) electrons. The molecule has 12 nitrogen and oxygen atoms in total. The molecule has 0 spiro atoms. The van der Waals surface area contributed by atoms with Crippen molar-refractivity contribution in [3.63, 3.8) is 0 Å².